The van der Waals surface area contributed by atoms with Gasteiger partial charge in [0.05, 0.1) is 0 Å². The first-order chi connectivity index (χ1) is 12.2. The monoisotopic (exact) mass is 386 g/mol. The fourth-order valence-electron chi connectivity index (χ4n) is 2.51. The first kappa shape index (κ1) is 16.3. The van der Waals surface area contributed by atoms with Gasteiger partial charge in [0.2, 0.25) is 5.13 Å². The molecule has 1 aromatic carbocycles. The number of thiophene rings is 1. The molecule has 0 saturated carbocycles. The minimum absolute atomic E-state index is 0.176. The zero-order valence-electron chi connectivity index (χ0n) is 13.3. The molecule has 0 fully saturated rings. The second kappa shape index (κ2) is 6.99. The summed E-state index contributed by atoms with van der Waals surface area (Å²) in [5.74, 6) is 0.688. The Bertz CT molecular complexity index is 1020. The summed E-state index contributed by atoms with van der Waals surface area (Å²) in [7, 11) is 1.89. The molecule has 25 heavy (non-hydrogen) atoms. The van der Waals surface area contributed by atoms with E-state index in [0.717, 1.165) is 21.0 Å². The van der Waals surface area contributed by atoms with Gasteiger partial charge >= 0.3 is 0 Å². The van der Waals surface area contributed by atoms with E-state index in [4.69, 9.17) is 0 Å². The Morgan fingerprint density at radius 2 is 2.12 bits per heavy atom. The van der Waals surface area contributed by atoms with Gasteiger partial charge in [-0.3, -0.25) is 10.1 Å². The van der Waals surface area contributed by atoms with Crippen LogP contribution in [0.5, 0.6) is 0 Å². The Kier molecular flexibility index (Phi) is 4.56. The molecular weight excluding hydrogens is 372 g/mol. The lowest BCUT2D eigenvalue weighted by atomic mass is 10.2. The van der Waals surface area contributed by atoms with Gasteiger partial charge in [0, 0.05) is 28.6 Å². The maximum absolute atomic E-state index is 12.6. The van der Waals surface area contributed by atoms with Gasteiger partial charge in [-0.2, -0.15) is 0 Å². The van der Waals surface area contributed by atoms with Crippen LogP contribution in [-0.2, 0) is 12.8 Å². The number of benzene rings is 1. The largest absolute Gasteiger partial charge is 0.340 e. The number of nitrogens with zero attached hydrogens (tertiary/aromatic N) is 3. The molecule has 0 bridgehead atoms. The number of fused-ring (bicyclic) bond motifs is 1. The molecule has 4 aromatic rings. The van der Waals surface area contributed by atoms with Crippen LogP contribution in [0.25, 0.3) is 10.9 Å². The van der Waals surface area contributed by atoms with Crippen LogP contribution < -0.4 is 5.32 Å². The molecule has 0 unspecified atom stereocenters. The van der Waals surface area contributed by atoms with Gasteiger partial charge in [-0.05, 0) is 23.6 Å². The van der Waals surface area contributed by atoms with Crippen molar-refractivity contribution in [2.45, 2.75) is 10.1 Å². The van der Waals surface area contributed by atoms with E-state index in [0.29, 0.717) is 10.8 Å². The van der Waals surface area contributed by atoms with Gasteiger partial charge in [0.15, 0.2) is 4.34 Å². The summed E-state index contributed by atoms with van der Waals surface area (Å²) in [6.07, 6.45) is 0. The topological polar surface area (TPSA) is 59.8 Å². The Balaban J connectivity index is 1.46. The average molecular weight is 387 g/mol. The number of thioether (sulfide) groups is 1. The number of carbonyl (C=O) groups excluding carboxylic acids is 1. The number of nitrogens with one attached hydrogen (secondary N) is 1. The molecular formula is C17H14N4OS3. The lowest BCUT2D eigenvalue weighted by Gasteiger charge is -2.03. The molecule has 5 nitrogen and oxygen atoms in total. The van der Waals surface area contributed by atoms with Crippen LogP contribution in [0.4, 0.5) is 5.13 Å². The van der Waals surface area contributed by atoms with Crippen molar-refractivity contribution < 1.29 is 4.79 Å². The highest BCUT2D eigenvalue weighted by Crippen LogP contribution is 2.30. The summed E-state index contributed by atoms with van der Waals surface area (Å²) in [5, 5.41) is 14.7. The summed E-state index contributed by atoms with van der Waals surface area (Å²) in [6.45, 7) is 0. The van der Waals surface area contributed by atoms with E-state index in [-0.39, 0.29) is 5.91 Å². The van der Waals surface area contributed by atoms with Gasteiger partial charge in [0.1, 0.15) is 5.69 Å². The molecule has 0 aliphatic rings. The van der Waals surface area contributed by atoms with Crippen LogP contribution in [-0.4, -0.2) is 20.7 Å². The van der Waals surface area contributed by atoms with Gasteiger partial charge in [-0.1, -0.05) is 47.4 Å². The summed E-state index contributed by atoms with van der Waals surface area (Å²) in [6, 6.07) is 13.9. The minimum Gasteiger partial charge on any atom is -0.340 e. The van der Waals surface area contributed by atoms with Crippen LogP contribution >= 0.6 is 34.4 Å². The fourth-order valence-corrected chi connectivity index (χ4v) is 5.03. The van der Waals surface area contributed by atoms with E-state index in [1.165, 1.54) is 16.2 Å². The number of aryl methyl sites for hydroxylation is 1. The Morgan fingerprint density at radius 1 is 1.24 bits per heavy atom. The zero-order chi connectivity index (χ0) is 17.2. The molecule has 1 N–H and O–H groups in total. The lowest BCUT2D eigenvalue weighted by molar-refractivity contribution is 0.101. The predicted octanol–water partition coefficient (Wildman–Crippen LogP) is 4.64. The van der Waals surface area contributed by atoms with E-state index in [1.54, 1.807) is 23.1 Å². The van der Waals surface area contributed by atoms with Crippen molar-refractivity contribution in [1.29, 1.82) is 0 Å². The molecule has 0 aliphatic carbocycles. The zero-order valence-corrected chi connectivity index (χ0v) is 15.8. The Labute approximate surface area is 156 Å². The van der Waals surface area contributed by atoms with Crippen molar-refractivity contribution in [3.8, 4) is 0 Å². The molecule has 126 valence electrons. The van der Waals surface area contributed by atoms with E-state index < -0.39 is 0 Å². The van der Waals surface area contributed by atoms with E-state index in [1.807, 2.05) is 48.0 Å². The molecule has 8 heteroatoms. The molecule has 0 spiro atoms. The summed E-state index contributed by atoms with van der Waals surface area (Å²) in [4.78, 5) is 13.9. The molecule has 0 radical (unpaired) electrons. The van der Waals surface area contributed by atoms with Crippen LogP contribution in [0.15, 0.2) is 52.2 Å². The quantitative estimate of drug-likeness (QED) is 0.401. The van der Waals surface area contributed by atoms with Crippen molar-refractivity contribution >= 4 is 56.4 Å². The Hall–Kier alpha value is -2.16. The van der Waals surface area contributed by atoms with Crippen LogP contribution in [0.2, 0.25) is 0 Å². The van der Waals surface area contributed by atoms with Gasteiger partial charge in [-0.15, -0.1) is 21.5 Å². The Morgan fingerprint density at radius 3 is 2.92 bits per heavy atom. The van der Waals surface area contributed by atoms with Crippen molar-refractivity contribution in [1.82, 2.24) is 14.8 Å². The first-order valence-electron chi connectivity index (χ1n) is 7.55. The highest BCUT2D eigenvalue weighted by Gasteiger charge is 2.15. The third-order valence-electron chi connectivity index (χ3n) is 3.73. The van der Waals surface area contributed by atoms with Crippen LogP contribution in [0.3, 0.4) is 0 Å². The number of para-hydroxylation sites is 1. The maximum Gasteiger partial charge on any atom is 0.274 e. The SMILES string of the molecule is Cn1c(C(=O)Nc2nnc(SCc3cccs3)s2)cc2ccccc21. The third-order valence-corrected chi connectivity index (χ3v) is 6.81. The van der Waals surface area contributed by atoms with Gasteiger partial charge in [-0.25, -0.2) is 0 Å². The average Bonchev–Trinajstić information content (AvgIpc) is 3.34. The van der Waals surface area contributed by atoms with Gasteiger partial charge < -0.3 is 4.57 Å². The highest BCUT2D eigenvalue weighted by atomic mass is 32.2. The fraction of sp³-hybridized carbons (Fsp3) is 0.118. The molecule has 0 atom stereocenters. The van der Waals surface area contributed by atoms with Crippen molar-refractivity contribution in [2.24, 2.45) is 7.05 Å². The second-order valence-corrected chi connectivity index (χ2v) is 8.57. The van der Waals surface area contributed by atoms with Crippen molar-refractivity contribution in [2.75, 3.05) is 5.32 Å². The summed E-state index contributed by atoms with van der Waals surface area (Å²) in [5.41, 5.74) is 1.63. The third kappa shape index (κ3) is 3.46. The molecule has 3 heterocycles. The van der Waals surface area contributed by atoms with E-state index >= 15 is 0 Å². The normalized spacial score (nSPS) is 11.1. The number of amides is 1. The van der Waals surface area contributed by atoms with Gasteiger partial charge in [0.25, 0.3) is 5.91 Å². The lowest BCUT2D eigenvalue weighted by Crippen LogP contribution is -2.15. The van der Waals surface area contributed by atoms with E-state index in [9.17, 15) is 4.79 Å². The standard InChI is InChI=1S/C17H14N4OS3/c1-21-13-7-3-2-5-11(13)9-14(21)15(22)18-16-19-20-17(25-16)24-10-12-6-4-8-23-12/h2-9H,10H2,1H3,(H,18,19,22). The molecule has 3 aromatic heterocycles. The number of aromatic nitrogens is 3. The number of hydrogen-bond acceptors (Lipinski definition) is 6. The van der Waals surface area contributed by atoms with E-state index in [2.05, 4.69) is 27.0 Å². The summed E-state index contributed by atoms with van der Waals surface area (Å²) >= 11 is 4.75. The van der Waals surface area contributed by atoms with Crippen LogP contribution in [0.1, 0.15) is 15.4 Å². The van der Waals surface area contributed by atoms with Crippen molar-refractivity contribution in [3.05, 3.63) is 58.4 Å². The number of rotatable bonds is 5. The van der Waals surface area contributed by atoms with Crippen molar-refractivity contribution in [3.63, 3.8) is 0 Å². The number of hydrogen-bond donors (Lipinski definition) is 1. The highest BCUT2D eigenvalue weighted by molar-refractivity contribution is 8.00. The van der Waals surface area contributed by atoms with Crippen LogP contribution in [0, 0.1) is 0 Å². The summed E-state index contributed by atoms with van der Waals surface area (Å²) < 4.78 is 2.73. The first-order valence-corrected chi connectivity index (χ1v) is 10.2. The molecule has 0 aliphatic heterocycles. The smallest absolute Gasteiger partial charge is 0.274 e. The minimum atomic E-state index is -0.176. The second-order valence-electron chi connectivity index (χ2n) is 5.34. The number of anilines is 1. The predicted molar refractivity (Wildman–Crippen MR) is 105 cm³/mol. The molecule has 1 amide bonds. The molecule has 4 rings (SSSR count). The number of carbonyl (C=O) groups is 1. The maximum atomic E-state index is 12.6. The molecule has 0 saturated heterocycles.